The molecule has 1 unspecified atom stereocenters. The Hall–Kier alpha value is -2.32. The molecule has 0 spiro atoms. The summed E-state index contributed by atoms with van der Waals surface area (Å²) >= 11 is 0. The van der Waals surface area contributed by atoms with Crippen molar-refractivity contribution in [2.45, 2.75) is 97.2 Å². The van der Waals surface area contributed by atoms with Crippen molar-refractivity contribution in [1.29, 1.82) is 0 Å². The van der Waals surface area contributed by atoms with Crippen molar-refractivity contribution in [2.24, 2.45) is 11.8 Å². The minimum absolute atomic E-state index is 0.170. The first-order valence-corrected chi connectivity index (χ1v) is 11.6. The first-order chi connectivity index (χ1) is 14.9. The summed E-state index contributed by atoms with van der Waals surface area (Å²) in [5, 5.41) is 7.88. The highest BCUT2D eigenvalue weighted by molar-refractivity contribution is 5.91. The van der Waals surface area contributed by atoms with E-state index < -0.39 is 41.6 Å². The Morgan fingerprint density at radius 1 is 0.969 bits per heavy atom. The summed E-state index contributed by atoms with van der Waals surface area (Å²) in [6, 6.07) is -1.58. The quantitative estimate of drug-likeness (QED) is 0.435. The summed E-state index contributed by atoms with van der Waals surface area (Å²) in [4.78, 5) is 49.5. The van der Waals surface area contributed by atoms with E-state index in [1.54, 1.807) is 20.8 Å². The molecule has 1 aliphatic carbocycles. The molecule has 0 radical (unpaired) electrons. The molecule has 0 aromatic carbocycles. The lowest BCUT2D eigenvalue weighted by molar-refractivity contribution is -0.146. The molecule has 0 aliphatic heterocycles. The van der Waals surface area contributed by atoms with Crippen molar-refractivity contribution in [3.05, 3.63) is 0 Å². The van der Waals surface area contributed by atoms with Gasteiger partial charge in [0.1, 0.15) is 24.2 Å². The zero-order chi connectivity index (χ0) is 24.3. The maximum absolute atomic E-state index is 13.0. The second kappa shape index (κ2) is 13.3. The van der Waals surface area contributed by atoms with Crippen molar-refractivity contribution < 1.29 is 28.7 Å². The predicted octanol–water partition coefficient (Wildman–Crippen LogP) is 2.67. The molecule has 9 nitrogen and oxygen atoms in total. The van der Waals surface area contributed by atoms with Crippen LogP contribution in [0.15, 0.2) is 0 Å². The number of hydrogen-bond donors (Lipinski definition) is 3. The summed E-state index contributed by atoms with van der Waals surface area (Å²) in [7, 11) is 1.28. The number of methoxy groups -OCH3 is 1. The van der Waals surface area contributed by atoms with Crippen LogP contribution >= 0.6 is 0 Å². The van der Waals surface area contributed by atoms with Gasteiger partial charge in [-0.2, -0.15) is 0 Å². The van der Waals surface area contributed by atoms with Gasteiger partial charge in [-0.25, -0.2) is 9.59 Å². The van der Waals surface area contributed by atoms with Crippen molar-refractivity contribution in [1.82, 2.24) is 16.0 Å². The zero-order valence-electron chi connectivity index (χ0n) is 20.4. The summed E-state index contributed by atoms with van der Waals surface area (Å²) in [6.45, 7) is 8.78. The van der Waals surface area contributed by atoms with Crippen molar-refractivity contribution in [2.75, 3.05) is 13.7 Å². The number of nitrogens with one attached hydrogen (secondary N) is 3. The fourth-order valence-corrected chi connectivity index (χ4v) is 3.80. The molecule has 1 saturated carbocycles. The molecule has 2 atom stereocenters. The molecule has 0 aromatic heterocycles. The Kier molecular flexibility index (Phi) is 11.5. The third kappa shape index (κ3) is 11.3. The van der Waals surface area contributed by atoms with E-state index in [0.717, 1.165) is 25.7 Å². The molecule has 1 fully saturated rings. The monoisotopic (exact) mass is 455 g/mol. The molecule has 1 rings (SSSR count). The number of alkyl carbamates (subject to hydrolysis) is 1. The van der Waals surface area contributed by atoms with Gasteiger partial charge in [-0.3, -0.25) is 9.59 Å². The maximum Gasteiger partial charge on any atom is 0.408 e. The van der Waals surface area contributed by atoms with Crippen molar-refractivity contribution >= 4 is 23.9 Å². The first-order valence-electron chi connectivity index (χ1n) is 11.6. The normalized spacial score (nSPS) is 16.6. The van der Waals surface area contributed by atoms with E-state index in [2.05, 4.69) is 16.0 Å². The van der Waals surface area contributed by atoms with Crippen LogP contribution in [0.1, 0.15) is 79.6 Å². The minimum atomic E-state index is -0.801. The van der Waals surface area contributed by atoms with E-state index in [1.807, 2.05) is 13.8 Å². The lowest BCUT2D eigenvalue weighted by Crippen LogP contribution is -2.54. The molecule has 0 aromatic rings. The van der Waals surface area contributed by atoms with Gasteiger partial charge in [0.2, 0.25) is 11.8 Å². The van der Waals surface area contributed by atoms with Gasteiger partial charge in [0.25, 0.3) is 0 Å². The number of ether oxygens (including phenoxy) is 2. The molecule has 9 heteroatoms. The Bertz CT molecular complexity index is 638. The smallest absolute Gasteiger partial charge is 0.408 e. The predicted molar refractivity (Wildman–Crippen MR) is 121 cm³/mol. The van der Waals surface area contributed by atoms with Gasteiger partial charge in [-0.05, 0) is 45.4 Å². The third-order valence-corrected chi connectivity index (χ3v) is 5.25. The van der Waals surface area contributed by atoms with E-state index >= 15 is 0 Å². The average Bonchev–Trinajstić information content (AvgIpc) is 2.69. The van der Waals surface area contributed by atoms with Crippen molar-refractivity contribution in [3.63, 3.8) is 0 Å². The number of rotatable bonds is 10. The van der Waals surface area contributed by atoms with Crippen LogP contribution in [0, 0.1) is 11.8 Å². The van der Waals surface area contributed by atoms with Gasteiger partial charge >= 0.3 is 12.1 Å². The molecule has 0 bridgehead atoms. The minimum Gasteiger partial charge on any atom is -0.467 e. The highest BCUT2D eigenvalue weighted by Gasteiger charge is 2.30. The summed E-state index contributed by atoms with van der Waals surface area (Å²) < 4.78 is 9.96. The van der Waals surface area contributed by atoms with Crippen LogP contribution in [0.5, 0.6) is 0 Å². The number of amides is 3. The highest BCUT2D eigenvalue weighted by Crippen LogP contribution is 2.27. The van der Waals surface area contributed by atoms with Crippen LogP contribution in [0.4, 0.5) is 4.79 Å². The number of carbonyl (C=O) groups is 4. The summed E-state index contributed by atoms with van der Waals surface area (Å²) in [5.41, 5.74) is -0.677. The van der Waals surface area contributed by atoms with Crippen LogP contribution in [0.2, 0.25) is 0 Å². The van der Waals surface area contributed by atoms with E-state index in [4.69, 9.17) is 9.47 Å². The van der Waals surface area contributed by atoms with E-state index in [0.29, 0.717) is 18.8 Å². The lowest BCUT2D eigenvalue weighted by atomic mass is 9.84. The first kappa shape index (κ1) is 27.7. The number of carbonyl (C=O) groups excluding carboxylic acids is 4. The second-order valence-electron chi connectivity index (χ2n) is 9.93. The topological polar surface area (TPSA) is 123 Å². The SMILES string of the molecule is COC(=O)[C@H](CC(C)C)NC(=O)C(CC1CCCCC1)NC(=O)CNC(=O)OC(C)(C)C. The van der Waals surface area contributed by atoms with Crippen LogP contribution in [-0.4, -0.2) is 55.2 Å². The van der Waals surface area contributed by atoms with Crippen molar-refractivity contribution in [3.8, 4) is 0 Å². The van der Waals surface area contributed by atoms with Crippen LogP contribution in [0.25, 0.3) is 0 Å². The van der Waals surface area contributed by atoms with Gasteiger partial charge < -0.3 is 25.4 Å². The molecular formula is C23H41N3O6. The standard InChI is InChI=1S/C23H41N3O6/c1-15(2)12-18(21(29)31-6)26-20(28)17(13-16-10-8-7-9-11-16)25-19(27)14-24-22(30)32-23(3,4)5/h15-18H,7-14H2,1-6H3,(H,24,30)(H,25,27)(H,26,28)/t17?,18-/m0/s1. The Morgan fingerprint density at radius 2 is 1.59 bits per heavy atom. The maximum atomic E-state index is 13.0. The van der Waals surface area contributed by atoms with E-state index in [9.17, 15) is 19.2 Å². The molecule has 3 N–H and O–H groups in total. The Labute approximate surface area is 191 Å². The van der Waals surface area contributed by atoms with Gasteiger partial charge in [0.15, 0.2) is 0 Å². The van der Waals surface area contributed by atoms with Crippen LogP contribution in [-0.2, 0) is 23.9 Å². The third-order valence-electron chi connectivity index (χ3n) is 5.25. The van der Waals surface area contributed by atoms with Gasteiger partial charge in [0.05, 0.1) is 7.11 Å². The number of esters is 1. The molecule has 1 aliphatic rings. The lowest BCUT2D eigenvalue weighted by Gasteiger charge is -2.28. The fraction of sp³-hybridized carbons (Fsp3) is 0.826. The molecule has 0 heterocycles. The van der Waals surface area contributed by atoms with Gasteiger partial charge in [-0.1, -0.05) is 46.0 Å². The van der Waals surface area contributed by atoms with Crippen LogP contribution < -0.4 is 16.0 Å². The molecule has 184 valence electrons. The summed E-state index contributed by atoms with van der Waals surface area (Å²) in [5.74, 6) is -0.937. The summed E-state index contributed by atoms with van der Waals surface area (Å²) in [6.07, 6.45) is 5.60. The largest absolute Gasteiger partial charge is 0.467 e. The Balaban J connectivity index is 2.79. The zero-order valence-corrected chi connectivity index (χ0v) is 20.4. The molecule has 3 amide bonds. The second-order valence-corrected chi connectivity index (χ2v) is 9.93. The molecule has 0 saturated heterocycles. The van der Waals surface area contributed by atoms with E-state index in [-0.39, 0.29) is 12.5 Å². The highest BCUT2D eigenvalue weighted by atomic mass is 16.6. The fourth-order valence-electron chi connectivity index (χ4n) is 3.80. The Morgan fingerprint density at radius 3 is 2.12 bits per heavy atom. The average molecular weight is 456 g/mol. The van der Waals surface area contributed by atoms with Gasteiger partial charge in [-0.15, -0.1) is 0 Å². The number of hydrogen-bond acceptors (Lipinski definition) is 6. The van der Waals surface area contributed by atoms with Gasteiger partial charge in [0, 0.05) is 0 Å². The van der Waals surface area contributed by atoms with Crippen LogP contribution in [0.3, 0.4) is 0 Å². The van der Waals surface area contributed by atoms with E-state index in [1.165, 1.54) is 13.5 Å². The molecular weight excluding hydrogens is 414 g/mol. The molecule has 32 heavy (non-hydrogen) atoms.